The van der Waals surface area contributed by atoms with Crippen LogP contribution in [0.5, 0.6) is 0 Å². The van der Waals surface area contributed by atoms with E-state index in [0.29, 0.717) is 12.5 Å². The summed E-state index contributed by atoms with van der Waals surface area (Å²) < 4.78 is 0. The van der Waals surface area contributed by atoms with Crippen LogP contribution in [0.1, 0.15) is 39.5 Å². The smallest absolute Gasteiger partial charge is 0.0715 e. The average molecular weight is 201 g/mol. The molecule has 1 saturated carbocycles. The SMILES string of the molecule is CC(C)(O)CNCC1CCC(O)CC1. The molecule has 0 aromatic rings. The van der Waals surface area contributed by atoms with Gasteiger partial charge in [0, 0.05) is 6.54 Å². The molecule has 0 heterocycles. The van der Waals surface area contributed by atoms with Crippen LogP contribution in [0.3, 0.4) is 0 Å². The lowest BCUT2D eigenvalue weighted by molar-refractivity contribution is 0.0741. The van der Waals surface area contributed by atoms with Crippen LogP contribution in [-0.2, 0) is 0 Å². The standard InChI is InChI=1S/C11H23NO2/c1-11(2,14)8-12-7-9-3-5-10(13)6-4-9/h9-10,12-14H,3-8H2,1-2H3. The fourth-order valence-corrected chi connectivity index (χ4v) is 1.93. The van der Waals surface area contributed by atoms with E-state index >= 15 is 0 Å². The molecule has 0 aromatic heterocycles. The Balaban J connectivity index is 2.08. The van der Waals surface area contributed by atoms with Gasteiger partial charge in [0.2, 0.25) is 0 Å². The predicted molar refractivity (Wildman–Crippen MR) is 57.1 cm³/mol. The van der Waals surface area contributed by atoms with E-state index in [1.807, 2.05) is 13.8 Å². The molecule has 1 rings (SSSR count). The first-order valence-electron chi connectivity index (χ1n) is 5.58. The molecule has 0 bridgehead atoms. The van der Waals surface area contributed by atoms with E-state index in [1.165, 1.54) is 0 Å². The fourth-order valence-electron chi connectivity index (χ4n) is 1.93. The molecular formula is C11H23NO2. The molecule has 1 fully saturated rings. The third-order valence-corrected chi connectivity index (χ3v) is 2.81. The van der Waals surface area contributed by atoms with Gasteiger partial charge in [0.05, 0.1) is 11.7 Å². The van der Waals surface area contributed by atoms with Crippen molar-refractivity contribution < 1.29 is 10.2 Å². The quantitative estimate of drug-likeness (QED) is 0.633. The summed E-state index contributed by atoms with van der Waals surface area (Å²) in [5, 5.41) is 22.1. The maximum Gasteiger partial charge on any atom is 0.0715 e. The average Bonchev–Trinajstić information content (AvgIpc) is 2.06. The highest BCUT2D eigenvalue weighted by atomic mass is 16.3. The first kappa shape index (κ1) is 12.0. The van der Waals surface area contributed by atoms with E-state index in [9.17, 15) is 10.2 Å². The number of rotatable bonds is 4. The zero-order valence-electron chi connectivity index (χ0n) is 9.29. The van der Waals surface area contributed by atoms with Gasteiger partial charge in [-0.1, -0.05) is 0 Å². The van der Waals surface area contributed by atoms with Crippen LogP contribution < -0.4 is 5.32 Å². The molecule has 0 amide bonds. The van der Waals surface area contributed by atoms with Crippen LogP contribution in [0.15, 0.2) is 0 Å². The highest BCUT2D eigenvalue weighted by Crippen LogP contribution is 2.23. The van der Waals surface area contributed by atoms with Gasteiger partial charge in [0.1, 0.15) is 0 Å². The van der Waals surface area contributed by atoms with E-state index in [4.69, 9.17) is 0 Å². The van der Waals surface area contributed by atoms with E-state index in [0.717, 1.165) is 32.2 Å². The Morgan fingerprint density at radius 2 is 1.79 bits per heavy atom. The molecular weight excluding hydrogens is 178 g/mol. The predicted octanol–water partition coefficient (Wildman–Crippen LogP) is 0.898. The maximum absolute atomic E-state index is 9.49. The molecule has 0 saturated heterocycles. The number of nitrogens with one attached hydrogen (secondary N) is 1. The van der Waals surface area contributed by atoms with E-state index in [1.54, 1.807) is 0 Å². The summed E-state index contributed by atoms with van der Waals surface area (Å²) in [6, 6.07) is 0. The van der Waals surface area contributed by atoms with Gasteiger partial charge in [-0.3, -0.25) is 0 Å². The molecule has 0 spiro atoms. The molecule has 0 aromatic carbocycles. The number of hydrogen-bond donors (Lipinski definition) is 3. The third-order valence-electron chi connectivity index (χ3n) is 2.81. The van der Waals surface area contributed by atoms with Crippen molar-refractivity contribution in [2.75, 3.05) is 13.1 Å². The Morgan fingerprint density at radius 3 is 2.29 bits per heavy atom. The summed E-state index contributed by atoms with van der Waals surface area (Å²) in [6.45, 7) is 5.23. The normalized spacial score (nSPS) is 29.1. The molecule has 3 N–H and O–H groups in total. The Hall–Kier alpha value is -0.120. The molecule has 0 radical (unpaired) electrons. The van der Waals surface area contributed by atoms with Gasteiger partial charge in [0.25, 0.3) is 0 Å². The van der Waals surface area contributed by atoms with Crippen molar-refractivity contribution in [3.63, 3.8) is 0 Å². The van der Waals surface area contributed by atoms with Crippen LogP contribution in [0.4, 0.5) is 0 Å². The highest BCUT2D eigenvalue weighted by Gasteiger charge is 2.19. The van der Waals surface area contributed by atoms with Crippen molar-refractivity contribution in [3.8, 4) is 0 Å². The maximum atomic E-state index is 9.49. The van der Waals surface area contributed by atoms with Gasteiger partial charge in [-0.25, -0.2) is 0 Å². The first-order chi connectivity index (χ1) is 6.47. The third kappa shape index (κ3) is 4.94. The van der Waals surface area contributed by atoms with Gasteiger partial charge in [-0.15, -0.1) is 0 Å². The van der Waals surface area contributed by atoms with Crippen molar-refractivity contribution >= 4 is 0 Å². The molecule has 1 aliphatic rings. The summed E-state index contributed by atoms with van der Waals surface area (Å²) in [5.74, 6) is 0.681. The van der Waals surface area contributed by atoms with Crippen molar-refractivity contribution in [2.24, 2.45) is 5.92 Å². The number of aliphatic hydroxyl groups is 2. The molecule has 14 heavy (non-hydrogen) atoms. The second-order valence-electron chi connectivity index (χ2n) is 5.12. The molecule has 0 atom stereocenters. The lowest BCUT2D eigenvalue weighted by atomic mass is 9.87. The minimum absolute atomic E-state index is 0.0690. The van der Waals surface area contributed by atoms with Crippen LogP contribution in [0.2, 0.25) is 0 Å². The number of aliphatic hydroxyl groups excluding tert-OH is 1. The Kier molecular flexibility index (Phi) is 4.35. The first-order valence-corrected chi connectivity index (χ1v) is 5.58. The Labute approximate surface area is 86.5 Å². The van der Waals surface area contributed by atoms with Crippen molar-refractivity contribution in [3.05, 3.63) is 0 Å². The monoisotopic (exact) mass is 201 g/mol. The summed E-state index contributed by atoms with van der Waals surface area (Å²) >= 11 is 0. The van der Waals surface area contributed by atoms with Gasteiger partial charge in [-0.2, -0.15) is 0 Å². The van der Waals surface area contributed by atoms with E-state index in [-0.39, 0.29) is 6.10 Å². The lowest BCUT2D eigenvalue weighted by Gasteiger charge is -2.27. The van der Waals surface area contributed by atoms with Gasteiger partial charge >= 0.3 is 0 Å². The summed E-state index contributed by atoms with van der Waals surface area (Å²) in [6.07, 6.45) is 4.03. The fraction of sp³-hybridized carbons (Fsp3) is 1.00. The second-order valence-corrected chi connectivity index (χ2v) is 5.12. The molecule has 0 unspecified atom stereocenters. The summed E-state index contributed by atoms with van der Waals surface area (Å²) in [7, 11) is 0. The summed E-state index contributed by atoms with van der Waals surface area (Å²) in [4.78, 5) is 0. The second kappa shape index (κ2) is 5.10. The molecule has 1 aliphatic carbocycles. The lowest BCUT2D eigenvalue weighted by Crippen LogP contribution is -2.38. The van der Waals surface area contributed by atoms with Crippen LogP contribution in [0, 0.1) is 5.92 Å². The molecule has 84 valence electrons. The largest absolute Gasteiger partial charge is 0.393 e. The summed E-state index contributed by atoms with van der Waals surface area (Å²) in [5.41, 5.74) is -0.617. The molecule has 3 nitrogen and oxygen atoms in total. The highest BCUT2D eigenvalue weighted by molar-refractivity contribution is 4.75. The van der Waals surface area contributed by atoms with Crippen LogP contribution >= 0.6 is 0 Å². The number of hydrogen-bond acceptors (Lipinski definition) is 3. The molecule has 3 heteroatoms. The van der Waals surface area contributed by atoms with Crippen LogP contribution in [-0.4, -0.2) is 35.0 Å². The minimum atomic E-state index is -0.617. The van der Waals surface area contributed by atoms with Crippen molar-refractivity contribution in [1.29, 1.82) is 0 Å². The minimum Gasteiger partial charge on any atom is -0.393 e. The molecule has 0 aliphatic heterocycles. The van der Waals surface area contributed by atoms with Gasteiger partial charge in [-0.05, 0) is 52.0 Å². The topological polar surface area (TPSA) is 52.5 Å². The zero-order valence-corrected chi connectivity index (χ0v) is 9.29. The van der Waals surface area contributed by atoms with Crippen molar-refractivity contribution in [1.82, 2.24) is 5.32 Å². The van der Waals surface area contributed by atoms with Crippen LogP contribution in [0.25, 0.3) is 0 Å². The Bertz CT molecular complexity index is 157. The van der Waals surface area contributed by atoms with Gasteiger partial charge < -0.3 is 15.5 Å². The van der Waals surface area contributed by atoms with Crippen molar-refractivity contribution in [2.45, 2.75) is 51.2 Å². The van der Waals surface area contributed by atoms with E-state index in [2.05, 4.69) is 5.32 Å². The van der Waals surface area contributed by atoms with Gasteiger partial charge in [0.15, 0.2) is 0 Å². The zero-order chi connectivity index (χ0) is 10.6. The Morgan fingerprint density at radius 1 is 1.21 bits per heavy atom. The van der Waals surface area contributed by atoms with E-state index < -0.39 is 5.60 Å².